The van der Waals surface area contributed by atoms with Gasteiger partial charge < -0.3 is 19.2 Å². The smallest absolute Gasteiger partial charge is 0.286 e. The van der Waals surface area contributed by atoms with Gasteiger partial charge in [0, 0.05) is 18.5 Å². The van der Waals surface area contributed by atoms with Gasteiger partial charge in [-0.25, -0.2) is 0 Å². The first-order valence-electron chi connectivity index (χ1n) is 9.22. The van der Waals surface area contributed by atoms with Gasteiger partial charge in [-0.05, 0) is 43.9 Å². The van der Waals surface area contributed by atoms with E-state index in [0.29, 0.717) is 18.9 Å². The highest BCUT2D eigenvalue weighted by molar-refractivity contribution is 5.91. The van der Waals surface area contributed by atoms with Gasteiger partial charge in [-0.15, -0.1) is 0 Å². The molecular formula is C22H25NO4. The molecule has 0 unspecified atom stereocenters. The highest BCUT2D eigenvalue weighted by Crippen LogP contribution is 2.26. The zero-order valence-electron chi connectivity index (χ0n) is 15.7. The second kappa shape index (κ2) is 9.24. The molecular weight excluding hydrogens is 342 g/mol. The van der Waals surface area contributed by atoms with E-state index in [1.165, 1.54) is 0 Å². The Balaban J connectivity index is 1.51. The van der Waals surface area contributed by atoms with Gasteiger partial charge in [-0.1, -0.05) is 36.4 Å². The highest BCUT2D eigenvalue weighted by atomic mass is 16.5. The Kier molecular flexibility index (Phi) is 6.49. The summed E-state index contributed by atoms with van der Waals surface area (Å²) >= 11 is 0. The zero-order chi connectivity index (χ0) is 19.1. The third-order valence-corrected chi connectivity index (χ3v) is 4.06. The summed E-state index contributed by atoms with van der Waals surface area (Å²) in [5, 5.41) is 5.00. The molecule has 1 amide bonds. The van der Waals surface area contributed by atoms with E-state index in [-0.39, 0.29) is 24.4 Å². The maximum atomic E-state index is 12.1. The summed E-state index contributed by atoms with van der Waals surface area (Å²) in [5.41, 5.74) is 0. The van der Waals surface area contributed by atoms with E-state index in [4.69, 9.17) is 13.9 Å². The fourth-order valence-corrected chi connectivity index (χ4v) is 2.73. The van der Waals surface area contributed by atoms with Crippen LogP contribution in [0.2, 0.25) is 0 Å². The Bertz CT molecular complexity index is 879. The number of hydrogen-bond acceptors (Lipinski definition) is 4. The van der Waals surface area contributed by atoms with Crippen molar-refractivity contribution in [2.75, 3.05) is 13.2 Å². The van der Waals surface area contributed by atoms with Crippen molar-refractivity contribution in [1.29, 1.82) is 0 Å². The monoisotopic (exact) mass is 367 g/mol. The van der Waals surface area contributed by atoms with Gasteiger partial charge in [0.25, 0.3) is 5.91 Å². The van der Waals surface area contributed by atoms with Crippen molar-refractivity contribution in [2.45, 2.75) is 33.0 Å². The van der Waals surface area contributed by atoms with Crippen LogP contribution in [-0.4, -0.2) is 25.2 Å². The SMILES string of the molecule is CC(C)OCCCNC(=O)c1ccc(COc2cccc3ccccc23)o1. The minimum absolute atomic E-state index is 0.204. The molecule has 0 saturated carbocycles. The number of fused-ring (bicyclic) bond motifs is 1. The molecule has 0 aliphatic rings. The molecule has 0 saturated heterocycles. The van der Waals surface area contributed by atoms with E-state index in [9.17, 15) is 4.79 Å². The topological polar surface area (TPSA) is 60.7 Å². The molecule has 27 heavy (non-hydrogen) atoms. The Morgan fingerprint density at radius 2 is 1.89 bits per heavy atom. The molecule has 1 N–H and O–H groups in total. The lowest BCUT2D eigenvalue weighted by Gasteiger charge is -2.08. The van der Waals surface area contributed by atoms with E-state index in [0.717, 1.165) is 22.9 Å². The summed E-state index contributed by atoms with van der Waals surface area (Å²) in [4.78, 5) is 12.1. The van der Waals surface area contributed by atoms with Gasteiger partial charge >= 0.3 is 0 Å². The average molecular weight is 367 g/mol. The molecule has 0 aliphatic heterocycles. The zero-order valence-corrected chi connectivity index (χ0v) is 15.7. The number of benzene rings is 2. The van der Waals surface area contributed by atoms with E-state index in [2.05, 4.69) is 5.32 Å². The van der Waals surface area contributed by atoms with Crippen molar-refractivity contribution < 1.29 is 18.7 Å². The summed E-state index contributed by atoms with van der Waals surface area (Å²) < 4.78 is 16.9. The Labute approximate surface area is 159 Å². The highest BCUT2D eigenvalue weighted by Gasteiger charge is 2.11. The third kappa shape index (κ3) is 5.34. The molecule has 1 heterocycles. The quantitative estimate of drug-likeness (QED) is 0.563. The number of amides is 1. The van der Waals surface area contributed by atoms with Gasteiger partial charge in [-0.2, -0.15) is 0 Å². The molecule has 1 aromatic heterocycles. The van der Waals surface area contributed by atoms with Crippen LogP contribution in [0.4, 0.5) is 0 Å². The fourth-order valence-electron chi connectivity index (χ4n) is 2.73. The molecule has 2 aromatic carbocycles. The third-order valence-electron chi connectivity index (χ3n) is 4.06. The number of carbonyl (C=O) groups excluding carboxylic acids is 1. The maximum absolute atomic E-state index is 12.1. The second-order valence-electron chi connectivity index (χ2n) is 6.56. The molecule has 3 rings (SSSR count). The number of furan rings is 1. The second-order valence-corrected chi connectivity index (χ2v) is 6.56. The molecule has 0 atom stereocenters. The summed E-state index contributed by atoms with van der Waals surface area (Å²) in [7, 11) is 0. The number of hydrogen-bond donors (Lipinski definition) is 1. The van der Waals surface area contributed by atoms with Crippen molar-refractivity contribution in [3.63, 3.8) is 0 Å². The molecule has 5 heteroatoms. The van der Waals surface area contributed by atoms with Crippen molar-refractivity contribution in [1.82, 2.24) is 5.32 Å². The maximum Gasteiger partial charge on any atom is 0.286 e. The van der Waals surface area contributed by atoms with Crippen LogP contribution >= 0.6 is 0 Å². The van der Waals surface area contributed by atoms with Crippen molar-refractivity contribution in [3.05, 3.63) is 66.1 Å². The average Bonchev–Trinajstić information content (AvgIpc) is 3.15. The number of ether oxygens (including phenoxy) is 2. The van der Waals surface area contributed by atoms with Gasteiger partial charge in [0.1, 0.15) is 18.1 Å². The predicted molar refractivity (Wildman–Crippen MR) is 105 cm³/mol. The van der Waals surface area contributed by atoms with Crippen LogP contribution in [0.25, 0.3) is 10.8 Å². The van der Waals surface area contributed by atoms with E-state index >= 15 is 0 Å². The summed E-state index contributed by atoms with van der Waals surface area (Å²) in [5.74, 6) is 1.46. The lowest BCUT2D eigenvalue weighted by atomic mass is 10.1. The Morgan fingerprint density at radius 3 is 2.74 bits per heavy atom. The van der Waals surface area contributed by atoms with Gasteiger partial charge in [0.15, 0.2) is 5.76 Å². The molecule has 0 radical (unpaired) electrons. The lowest BCUT2D eigenvalue weighted by Crippen LogP contribution is -2.25. The van der Waals surface area contributed by atoms with E-state index < -0.39 is 0 Å². The standard InChI is InChI=1S/C22H25NO4/c1-16(2)25-14-6-13-23-22(24)21-12-11-18(27-21)15-26-20-10-5-8-17-7-3-4-9-19(17)20/h3-5,7-12,16H,6,13-15H2,1-2H3,(H,23,24). The first kappa shape index (κ1) is 19.0. The summed E-state index contributed by atoms with van der Waals surface area (Å²) in [6.07, 6.45) is 0.969. The molecule has 0 bridgehead atoms. The first-order chi connectivity index (χ1) is 13.1. The normalized spacial score (nSPS) is 11.1. The van der Waals surface area contributed by atoms with E-state index in [1.807, 2.05) is 56.3 Å². The van der Waals surface area contributed by atoms with Crippen LogP contribution in [0.3, 0.4) is 0 Å². The Morgan fingerprint density at radius 1 is 1.07 bits per heavy atom. The van der Waals surface area contributed by atoms with Crippen LogP contribution in [0, 0.1) is 0 Å². The number of carbonyl (C=O) groups is 1. The fraction of sp³-hybridized carbons (Fsp3) is 0.318. The molecule has 3 aromatic rings. The molecule has 5 nitrogen and oxygen atoms in total. The van der Waals surface area contributed by atoms with E-state index in [1.54, 1.807) is 12.1 Å². The molecule has 142 valence electrons. The summed E-state index contributed by atoms with van der Waals surface area (Å²) in [6, 6.07) is 17.4. The van der Waals surface area contributed by atoms with Crippen molar-refractivity contribution in [3.8, 4) is 5.75 Å². The minimum Gasteiger partial charge on any atom is -0.485 e. The van der Waals surface area contributed by atoms with Gasteiger partial charge in [0.05, 0.1) is 6.10 Å². The summed E-state index contributed by atoms with van der Waals surface area (Å²) in [6.45, 7) is 5.42. The van der Waals surface area contributed by atoms with Crippen LogP contribution < -0.4 is 10.1 Å². The van der Waals surface area contributed by atoms with Crippen molar-refractivity contribution >= 4 is 16.7 Å². The Hall–Kier alpha value is -2.79. The molecule has 0 spiro atoms. The molecule has 0 fully saturated rings. The minimum atomic E-state index is -0.226. The van der Waals surface area contributed by atoms with Crippen LogP contribution in [0.1, 0.15) is 36.6 Å². The predicted octanol–water partition coefficient (Wildman–Crippen LogP) is 4.56. The molecule has 0 aliphatic carbocycles. The first-order valence-corrected chi connectivity index (χ1v) is 9.22. The van der Waals surface area contributed by atoms with Crippen LogP contribution in [-0.2, 0) is 11.3 Å². The van der Waals surface area contributed by atoms with Gasteiger partial charge in [0.2, 0.25) is 0 Å². The van der Waals surface area contributed by atoms with Crippen LogP contribution in [0.5, 0.6) is 5.75 Å². The lowest BCUT2D eigenvalue weighted by molar-refractivity contribution is 0.0753. The van der Waals surface area contributed by atoms with Gasteiger partial charge in [-0.3, -0.25) is 4.79 Å². The number of nitrogens with one attached hydrogen (secondary N) is 1. The largest absolute Gasteiger partial charge is 0.485 e. The van der Waals surface area contributed by atoms with Crippen molar-refractivity contribution in [2.24, 2.45) is 0 Å². The number of rotatable bonds is 9. The van der Waals surface area contributed by atoms with Crippen LogP contribution in [0.15, 0.2) is 59.0 Å².